The molecule has 1 rings (SSSR count). The minimum Gasteiger partial charge on any atom is -0.376 e. The molecule has 2 N–H and O–H groups in total. The predicted octanol–water partition coefficient (Wildman–Crippen LogP) is 1.54. The monoisotopic (exact) mass is 159 g/mol. The molecule has 0 radical (unpaired) electrons. The van der Waals surface area contributed by atoms with E-state index in [0.717, 1.165) is 19.3 Å². The molecular formula is C9H19NO. The smallest absolute Gasteiger partial charge is 0.0752 e. The van der Waals surface area contributed by atoms with Gasteiger partial charge in [0.2, 0.25) is 0 Å². The summed E-state index contributed by atoms with van der Waals surface area (Å²) in [7, 11) is 0. The van der Waals surface area contributed by atoms with Crippen molar-refractivity contribution in [3.63, 3.8) is 0 Å². The van der Waals surface area contributed by atoms with Crippen molar-refractivity contribution in [2.75, 3.05) is 6.58 Å². The standard InChI is InChI=1S/C9H19NO/c1-3-4-8(10)9-7(2)5-6-11-9/h7-9H,3-6,10H2,1-2H3/t7-,8+,9-/m0/s1/i6T/t6-,7-,8+,9-. The van der Waals surface area contributed by atoms with Crippen LogP contribution in [0.1, 0.15) is 34.5 Å². The van der Waals surface area contributed by atoms with E-state index in [1.165, 1.54) is 0 Å². The lowest BCUT2D eigenvalue weighted by atomic mass is 9.95. The summed E-state index contributed by atoms with van der Waals surface area (Å²) in [6.07, 6.45) is 3.05. The second-order valence-electron chi connectivity index (χ2n) is 3.43. The SMILES string of the molecule is [3H][C@H]1C[C@H](C)[C@@H]([C@H](N)CCC)O1. The molecule has 4 atom stereocenters. The fourth-order valence-corrected chi connectivity index (χ4v) is 1.61. The Labute approximate surface area is 70.5 Å². The molecule has 0 bridgehead atoms. The van der Waals surface area contributed by atoms with Crippen LogP contribution < -0.4 is 5.73 Å². The van der Waals surface area contributed by atoms with Gasteiger partial charge in [-0.1, -0.05) is 20.3 Å². The van der Waals surface area contributed by atoms with E-state index < -0.39 is 0 Å². The number of nitrogens with two attached hydrogens (primary N) is 1. The minimum atomic E-state index is -0.340. The maximum Gasteiger partial charge on any atom is 0.0752 e. The zero-order valence-electron chi connectivity index (χ0n) is 8.42. The Balaban J connectivity index is 2.40. The normalized spacial score (nSPS) is 42.1. The molecule has 0 unspecified atom stereocenters. The number of hydrogen-bond acceptors (Lipinski definition) is 2. The summed E-state index contributed by atoms with van der Waals surface area (Å²) < 4.78 is 12.9. The third-order valence-corrected chi connectivity index (χ3v) is 2.33. The van der Waals surface area contributed by atoms with Crippen LogP contribution >= 0.6 is 0 Å². The van der Waals surface area contributed by atoms with Gasteiger partial charge in [0.25, 0.3) is 0 Å². The third-order valence-electron chi connectivity index (χ3n) is 2.33. The van der Waals surface area contributed by atoms with Crippen molar-refractivity contribution in [2.24, 2.45) is 11.7 Å². The van der Waals surface area contributed by atoms with E-state index in [-0.39, 0.29) is 18.7 Å². The summed E-state index contributed by atoms with van der Waals surface area (Å²) in [4.78, 5) is 0. The van der Waals surface area contributed by atoms with Crippen LogP contribution in [0.25, 0.3) is 0 Å². The van der Waals surface area contributed by atoms with Gasteiger partial charge in [0.05, 0.1) is 7.47 Å². The first-order valence-electron chi connectivity index (χ1n) is 5.06. The fraction of sp³-hybridized carbons (Fsp3) is 1.00. The number of rotatable bonds is 3. The number of hydrogen-bond donors (Lipinski definition) is 1. The second kappa shape index (κ2) is 4.07. The molecule has 0 aromatic rings. The van der Waals surface area contributed by atoms with Gasteiger partial charge >= 0.3 is 0 Å². The quantitative estimate of drug-likeness (QED) is 0.678. The van der Waals surface area contributed by atoms with E-state index in [9.17, 15) is 0 Å². The van der Waals surface area contributed by atoms with Crippen molar-refractivity contribution in [1.29, 1.82) is 0 Å². The molecule has 0 aromatic carbocycles. The molecular weight excluding hydrogens is 138 g/mol. The highest BCUT2D eigenvalue weighted by Gasteiger charge is 2.28. The highest BCUT2D eigenvalue weighted by atomic mass is 16.5. The lowest BCUT2D eigenvalue weighted by Gasteiger charge is -2.21. The summed E-state index contributed by atoms with van der Waals surface area (Å²) in [5.74, 6) is 0.453. The van der Waals surface area contributed by atoms with E-state index in [4.69, 9.17) is 11.8 Å². The molecule has 0 spiro atoms. The molecule has 11 heavy (non-hydrogen) atoms. The van der Waals surface area contributed by atoms with Gasteiger partial charge in [-0.25, -0.2) is 0 Å². The molecule has 0 aromatic heterocycles. The van der Waals surface area contributed by atoms with Crippen LogP contribution in [0.2, 0.25) is 0 Å². The Kier molecular flexibility index (Phi) is 2.80. The van der Waals surface area contributed by atoms with Crippen LogP contribution in [0.4, 0.5) is 0 Å². The summed E-state index contributed by atoms with van der Waals surface area (Å²) in [6, 6.07) is 0.125. The second-order valence-corrected chi connectivity index (χ2v) is 3.43. The van der Waals surface area contributed by atoms with Gasteiger partial charge in [-0.3, -0.25) is 0 Å². The zero-order chi connectivity index (χ0) is 9.14. The van der Waals surface area contributed by atoms with Crippen LogP contribution in [-0.4, -0.2) is 18.7 Å². The zero-order valence-corrected chi connectivity index (χ0v) is 7.42. The first kappa shape index (κ1) is 7.56. The predicted molar refractivity (Wildman–Crippen MR) is 46.4 cm³/mol. The van der Waals surface area contributed by atoms with Gasteiger partial charge in [-0.2, -0.15) is 0 Å². The van der Waals surface area contributed by atoms with Gasteiger partial charge in [0.1, 0.15) is 0 Å². The van der Waals surface area contributed by atoms with Gasteiger partial charge in [-0.05, 0) is 18.8 Å². The lowest BCUT2D eigenvalue weighted by Crippen LogP contribution is -2.37. The van der Waals surface area contributed by atoms with Gasteiger partial charge in [0, 0.05) is 12.6 Å². The van der Waals surface area contributed by atoms with E-state index in [0.29, 0.717) is 5.92 Å². The van der Waals surface area contributed by atoms with Gasteiger partial charge in [-0.15, -0.1) is 0 Å². The molecule has 2 nitrogen and oxygen atoms in total. The van der Waals surface area contributed by atoms with E-state index in [1.807, 2.05) is 0 Å². The minimum absolute atomic E-state index is 0.118. The van der Waals surface area contributed by atoms with Gasteiger partial charge in [0.15, 0.2) is 0 Å². The summed E-state index contributed by atoms with van der Waals surface area (Å²) in [5, 5.41) is 0. The van der Waals surface area contributed by atoms with Crippen molar-refractivity contribution >= 4 is 0 Å². The molecule has 66 valence electrons. The molecule has 2 heteroatoms. The van der Waals surface area contributed by atoms with Crippen molar-refractivity contribution in [1.82, 2.24) is 0 Å². The first-order chi connectivity index (χ1) is 5.65. The highest BCUT2D eigenvalue weighted by molar-refractivity contribution is 4.81. The van der Waals surface area contributed by atoms with Crippen LogP contribution in [0, 0.1) is 5.92 Å². The average molecular weight is 159 g/mol. The molecule has 1 saturated heterocycles. The van der Waals surface area contributed by atoms with Crippen LogP contribution in [0.5, 0.6) is 0 Å². The van der Waals surface area contributed by atoms with Crippen LogP contribution in [0.15, 0.2) is 0 Å². The van der Waals surface area contributed by atoms with Crippen molar-refractivity contribution in [2.45, 2.75) is 45.3 Å². The maximum absolute atomic E-state index is 7.44. The van der Waals surface area contributed by atoms with Crippen molar-refractivity contribution in [3.05, 3.63) is 0 Å². The molecule has 0 aliphatic carbocycles. The van der Waals surface area contributed by atoms with Crippen LogP contribution in [-0.2, 0) is 4.74 Å². The molecule has 1 aliphatic rings. The Morgan fingerprint density at radius 1 is 1.82 bits per heavy atom. The van der Waals surface area contributed by atoms with Crippen molar-refractivity contribution in [3.8, 4) is 0 Å². The first-order valence-corrected chi connectivity index (χ1v) is 4.48. The molecule has 1 heterocycles. The Bertz CT molecular complexity index is 142. The Hall–Kier alpha value is -0.0800. The van der Waals surface area contributed by atoms with E-state index in [2.05, 4.69) is 13.8 Å². The topological polar surface area (TPSA) is 35.2 Å². The fourth-order valence-electron chi connectivity index (χ4n) is 1.61. The molecule has 1 fully saturated rings. The summed E-state index contributed by atoms with van der Waals surface area (Å²) in [6.45, 7) is 3.90. The maximum atomic E-state index is 7.44. The summed E-state index contributed by atoms with van der Waals surface area (Å²) >= 11 is 0. The van der Waals surface area contributed by atoms with Crippen LogP contribution in [0.3, 0.4) is 0 Å². The average Bonchev–Trinajstić information content (AvgIpc) is 2.30. The third kappa shape index (κ3) is 2.17. The molecule has 1 aliphatic heterocycles. The largest absolute Gasteiger partial charge is 0.376 e. The lowest BCUT2D eigenvalue weighted by molar-refractivity contribution is 0.0700. The molecule has 0 saturated carbocycles. The Morgan fingerprint density at radius 2 is 2.55 bits per heavy atom. The van der Waals surface area contributed by atoms with E-state index >= 15 is 0 Å². The Morgan fingerprint density at radius 3 is 3.00 bits per heavy atom. The van der Waals surface area contributed by atoms with Crippen molar-refractivity contribution < 1.29 is 6.11 Å². The van der Waals surface area contributed by atoms with E-state index in [1.54, 1.807) is 0 Å². The number of ether oxygens (including phenoxy) is 1. The highest BCUT2D eigenvalue weighted by Crippen LogP contribution is 2.23. The van der Waals surface area contributed by atoms with Gasteiger partial charge < -0.3 is 10.5 Å². The molecule has 0 amide bonds. The summed E-state index contributed by atoms with van der Waals surface area (Å²) in [5.41, 5.74) is 5.93.